The van der Waals surface area contributed by atoms with Crippen LogP contribution < -0.4 is 5.32 Å². The van der Waals surface area contributed by atoms with Crippen LogP contribution in [0.4, 0.5) is 0 Å². The molecular formula is C14H16ClN3. The van der Waals surface area contributed by atoms with E-state index in [1.807, 2.05) is 35.1 Å². The summed E-state index contributed by atoms with van der Waals surface area (Å²) in [5, 5.41) is 8.58. The summed E-state index contributed by atoms with van der Waals surface area (Å²) in [5.41, 5.74) is 2.14. The third-order valence-electron chi connectivity index (χ3n) is 3.43. The molecule has 1 aromatic carbocycles. The van der Waals surface area contributed by atoms with Crippen molar-refractivity contribution in [2.45, 2.75) is 13.0 Å². The van der Waals surface area contributed by atoms with E-state index in [9.17, 15) is 0 Å². The lowest BCUT2D eigenvalue weighted by molar-refractivity contribution is 0.449. The van der Waals surface area contributed by atoms with Gasteiger partial charge in [0, 0.05) is 28.9 Å². The first-order chi connectivity index (χ1) is 8.83. The average Bonchev–Trinajstić information content (AvgIpc) is 3.02. The quantitative estimate of drug-likeness (QED) is 0.921. The maximum Gasteiger partial charge on any atom is 0.0568 e. The Hall–Kier alpha value is -1.32. The molecule has 0 radical (unpaired) electrons. The molecule has 0 aliphatic carbocycles. The van der Waals surface area contributed by atoms with Crippen molar-refractivity contribution in [2.24, 2.45) is 5.92 Å². The molecule has 1 N–H and O–H groups in total. The van der Waals surface area contributed by atoms with Crippen LogP contribution in [0.5, 0.6) is 0 Å². The van der Waals surface area contributed by atoms with Gasteiger partial charge in [-0.05, 0) is 31.5 Å². The molecule has 0 saturated carbocycles. The van der Waals surface area contributed by atoms with Crippen LogP contribution in [0, 0.1) is 5.92 Å². The maximum atomic E-state index is 6.19. The fourth-order valence-corrected chi connectivity index (χ4v) is 2.68. The van der Waals surface area contributed by atoms with Gasteiger partial charge in [0.1, 0.15) is 0 Å². The zero-order valence-corrected chi connectivity index (χ0v) is 10.9. The Kier molecular flexibility index (Phi) is 3.35. The number of halogens is 1. The van der Waals surface area contributed by atoms with E-state index in [4.69, 9.17) is 11.6 Å². The Balaban J connectivity index is 1.79. The van der Waals surface area contributed by atoms with E-state index in [1.165, 1.54) is 6.42 Å². The number of nitrogens with one attached hydrogen (secondary N) is 1. The number of aromatic nitrogens is 2. The lowest BCUT2D eigenvalue weighted by atomic mass is 10.1. The molecule has 2 heterocycles. The van der Waals surface area contributed by atoms with E-state index in [2.05, 4.69) is 16.6 Å². The highest BCUT2D eigenvalue weighted by atomic mass is 35.5. The number of nitrogens with zero attached hydrogens (tertiary/aromatic N) is 2. The van der Waals surface area contributed by atoms with Crippen molar-refractivity contribution in [3.05, 3.63) is 41.7 Å². The Morgan fingerprint density at radius 2 is 2.28 bits per heavy atom. The smallest absolute Gasteiger partial charge is 0.0568 e. The Morgan fingerprint density at radius 1 is 1.39 bits per heavy atom. The lowest BCUT2D eigenvalue weighted by Gasteiger charge is -2.07. The summed E-state index contributed by atoms with van der Waals surface area (Å²) in [6.45, 7) is 3.21. The Labute approximate surface area is 112 Å². The van der Waals surface area contributed by atoms with Crippen LogP contribution in [0.2, 0.25) is 5.02 Å². The molecule has 1 aliphatic rings. The molecule has 1 fully saturated rings. The molecule has 2 aromatic rings. The number of benzene rings is 1. The molecule has 0 spiro atoms. The van der Waals surface area contributed by atoms with E-state index in [0.29, 0.717) is 5.92 Å². The summed E-state index contributed by atoms with van der Waals surface area (Å²) in [5.74, 6) is 0.698. The number of rotatable bonds is 3. The molecule has 18 heavy (non-hydrogen) atoms. The second-order valence-corrected chi connectivity index (χ2v) is 5.20. The Morgan fingerprint density at radius 3 is 3.06 bits per heavy atom. The van der Waals surface area contributed by atoms with Crippen molar-refractivity contribution in [2.75, 3.05) is 13.1 Å². The molecular weight excluding hydrogens is 246 g/mol. The zero-order chi connectivity index (χ0) is 12.4. The Bertz CT molecular complexity index is 529. The lowest BCUT2D eigenvalue weighted by Crippen LogP contribution is -2.14. The van der Waals surface area contributed by atoms with Gasteiger partial charge in [-0.2, -0.15) is 5.10 Å². The van der Waals surface area contributed by atoms with Crippen molar-refractivity contribution in [3.63, 3.8) is 0 Å². The van der Waals surface area contributed by atoms with Crippen molar-refractivity contribution in [1.29, 1.82) is 0 Å². The minimum atomic E-state index is 0.698. The first-order valence-electron chi connectivity index (χ1n) is 6.31. The molecule has 94 valence electrons. The molecule has 1 saturated heterocycles. The van der Waals surface area contributed by atoms with E-state index in [-0.39, 0.29) is 0 Å². The molecule has 1 aromatic heterocycles. The SMILES string of the molecule is Clc1ccccc1-c1cnn(CC2CCNC2)c1. The topological polar surface area (TPSA) is 29.9 Å². The average molecular weight is 262 g/mol. The molecule has 0 bridgehead atoms. The third-order valence-corrected chi connectivity index (χ3v) is 3.76. The number of hydrogen-bond acceptors (Lipinski definition) is 2. The highest BCUT2D eigenvalue weighted by Gasteiger charge is 2.15. The van der Waals surface area contributed by atoms with E-state index in [1.54, 1.807) is 0 Å². The van der Waals surface area contributed by atoms with Crippen LogP contribution >= 0.6 is 11.6 Å². The number of hydrogen-bond donors (Lipinski definition) is 1. The second-order valence-electron chi connectivity index (χ2n) is 4.79. The summed E-state index contributed by atoms with van der Waals surface area (Å²) in [6.07, 6.45) is 5.21. The first kappa shape index (κ1) is 11.8. The van der Waals surface area contributed by atoms with E-state index >= 15 is 0 Å². The van der Waals surface area contributed by atoms with Crippen LogP contribution in [0.15, 0.2) is 36.7 Å². The van der Waals surface area contributed by atoms with Crippen LogP contribution in [0.1, 0.15) is 6.42 Å². The first-order valence-corrected chi connectivity index (χ1v) is 6.69. The summed E-state index contributed by atoms with van der Waals surface area (Å²) < 4.78 is 2.02. The minimum Gasteiger partial charge on any atom is -0.316 e. The van der Waals surface area contributed by atoms with Gasteiger partial charge in [-0.3, -0.25) is 4.68 Å². The van der Waals surface area contributed by atoms with Crippen molar-refractivity contribution >= 4 is 11.6 Å². The van der Waals surface area contributed by atoms with Crippen LogP contribution in [0.25, 0.3) is 11.1 Å². The zero-order valence-electron chi connectivity index (χ0n) is 10.1. The molecule has 3 rings (SSSR count). The van der Waals surface area contributed by atoms with Crippen molar-refractivity contribution in [1.82, 2.24) is 15.1 Å². The van der Waals surface area contributed by atoms with Gasteiger partial charge in [-0.25, -0.2) is 0 Å². The third kappa shape index (κ3) is 2.42. The normalized spacial score (nSPS) is 19.3. The second kappa shape index (κ2) is 5.12. The standard InChI is InChI=1S/C14H16ClN3/c15-14-4-2-1-3-13(14)12-8-17-18(10-12)9-11-5-6-16-7-11/h1-4,8,10-11,16H,5-7,9H2. The molecule has 0 amide bonds. The highest BCUT2D eigenvalue weighted by molar-refractivity contribution is 6.33. The van der Waals surface area contributed by atoms with E-state index < -0.39 is 0 Å². The van der Waals surface area contributed by atoms with Gasteiger partial charge in [-0.15, -0.1) is 0 Å². The highest BCUT2D eigenvalue weighted by Crippen LogP contribution is 2.27. The van der Waals surface area contributed by atoms with E-state index in [0.717, 1.165) is 35.8 Å². The molecule has 1 atom stereocenters. The molecule has 1 unspecified atom stereocenters. The van der Waals surface area contributed by atoms with Gasteiger partial charge in [0.15, 0.2) is 0 Å². The maximum absolute atomic E-state index is 6.19. The van der Waals surface area contributed by atoms with Crippen molar-refractivity contribution < 1.29 is 0 Å². The summed E-state index contributed by atoms with van der Waals surface area (Å²) in [6, 6.07) is 7.88. The molecule has 3 nitrogen and oxygen atoms in total. The predicted octanol–water partition coefficient (Wildman–Crippen LogP) is 2.81. The fraction of sp³-hybridized carbons (Fsp3) is 0.357. The fourth-order valence-electron chi connectivity index (χ4n) is 2.43. The predicted molar refractivity (Wildman–Crippen MR) is 73.6 cm³/mol. The summed E-state index contributed by atoms with van der Waals surface area (Å²) >= 11 is 6.19. The summed E-state index contributed by atoms with van der Waals surface area (Å²) in [7, 11) is 0. The van der Waals surface area contributed by atoms with Crippen LogP contribution in [-0.2, 0) is 6.54 Å². The van der Waals surface area contributed by atoms with Gasteiger partial charge >= 0.3 is 0 Å². The minimum absolute atomic E-state index is 0.698. The van der Waals surface area contributed by atoms with Gasteiger partial charge in [0.05, 0.1) is 6.20 Å². The van der Waals surface area contributed by atoms with Gasteiger partial charge in [0.25, 0.3) is 0 Å². The van der Waals surface area contributed by atoms with Gasteiger partial charge < -0.3 is 5.32 Å². The molecule has 4 heteroatoms. The summed E-state index contributed by atoms with van der Waals surface area (Å²) in [4.78, 5) is 0. The van der Waals surface area contributed by atoms with Crippen molar-refractivity contribution in [3.8, 4) is 11.1 Å². The largest absolute Gasteiger partial charge is 0.316 e. The van der Waals surface area contributed by atoms with Gasteiger partial charge in [-0.1, -0.05) is 29.8 Å². The van der Waals surface area contributed by atoms with Crippen LogP contribution in [-0.4, -0.2) is 22.9 Å². The van der Waals surface area contributed by atoms with Crippen LogP contribution in [0.3, 0.4) is 0 Å². The van der Waals surface area contributed by atoms with Gasteiger partial charge in [0.2, 0.25) is 0 Å². The monoisotopic (exact) mass is 261 g/mol. The molecule has 1 aliphatic heterocycles.